The van der Waals surface area contributed by atoms with Gasteiger partial charge in [0.2, 0.25) is 10.0 Å². The molecule has 0 aliphatic carbocycles. The van der Waals surface area contributed by atoms with E-state index in [-0.39, 0.29) is 4.90 Å². The summed E-state index contributed by atoms with van der Waals surface area (Å²) in [4.78, 5) is 0.284. The highest BCUT2D eigenvalue weighted by atomic mass is 32.2. The molecule has 18 heavy (non-hydrogen) atoms. The molecule has 0 saturated heterocycles. The van der Waals surface area contributed by atoms with Crippen molar-refractivity contribution in [1.29, 1.82) is 0 Å². The maximum atomic E-state index is 12.6. The Labute approximate surface area is 110 Å². The van der Waals surface area contributed by atoms with Crippen LogP contribution >= 0.6 is 0 Å². The van der Waals surface area contributed by atoms with Gasteiger partial charge in [-0.3, -0.25) is 0 Å². The zero-order chi connectivity index (χ0) is 14.1. The van der Waals surface area contributed by atoms with E-state index >= 15 is 0 Å². The molecule has 2 N–H and O–H groups in total. The van der Waals surface area contributed by atoms with Gasteiger partial charge in [-0.05, 0) is 44.9 Å². The first-order valence-corrected chi connectivity index (χ1v) is 7.42. The van der Waals surface area contributed by atoms with Crippen molar-refractivity contribution in [2.45, 2.75) is 44.6 Å². The maximum Gasteiger partial charge on any atom is 0.243 e. The van der Waals surface area contributed by atoms with Crippen LogP contribution in [-0.2, 0) is 10.0 Å². The number of anilines is 1. The average Bonchev–Trinajstić information content (AvgIpc) is 2.31. The van der Waals surface area contributed by atoms with Gasteiger partial charge in [-0.2, -0.15) is 4.31 Å². The third-order valence-electron chi connectivity index (χ3n) is 3.68. The Hall–Kier alpha value is -1.07. The number of nitrogens with zero attached hydrogens (tertiary/aromatic N) is 1. The van der Waals surface area contributed by atoms with Gasteiger partial charge in [0.15, 0.2) is 0 Å². The second-order valence-corrected chi connectivity index (χ2v) is 7.05. The average molecular weight is 270 g/mol. The Morgan fingerprint density at radius 2 is 1.89 bits per heavy atom. The Morgan fingerprint density at radius 1 is 1.33 bits per heavy atom. The predicted octanol–water partition coefficient (Wildman–Crippen LogP) is 2.39. The molecule has 5 heteroatoms. The predicted molar refractivity (Wildman–Crippen MR) is 74.9 cm³/mol. The SMILES string of the molecule is CCC(C)(C)N(C)S(=O)(=O)c1cccc(N)c1C. The topological polar surface area (TPSA) is 63.4 Å². The molecule has 1 aromatic rings. The van der Waals surface area contributed by atoms with E-state index in [0.717, 1.165) is 6.42 Å². The Balaban J connectivity index is 3.35. The Morgan fingerprint density at radius 3 is 2.39 bits per heavy atom. The van der Waals surface area contributed by atoms with E-state index in [4.69, 9.17) is 5.73 Å². The van der Waals surface area contributed by atoms with Gasteiger partial charge in [0.05, 0.1) is 4.90 Å². The minimum absolute atomic E-state index is 0.284. The number of rotatable bonds is 4. The Kier molecular flexibility index (Phi) is 4.08. The van der Waals surface area contributed by atoms with E-state index in [2.05, 4.69) is 0 Å². The lowest BCUT2D eigenvalue weighted by atomic mass is 10.0. The molecule has 0 unspecified atom stereocenters. The molecule has 0 bridgehead atoms. The van der Waals surface area contributed by atoms with Gasteiger partial charge >= 0.3 is 0 Å². The zero-order valence-electron chi connectivity index (χ0n) is 11.7. The minimum atomic E-state index is -3.51. The van der Waals surface area contributed by atoms with E-state index in [9.17, 15) is 8.42 Å². The molecule has 0 aliphatic rings. The molecule has 102 valence electrons. The fraction of sp³-hybridized carbons (Fsp3) is 0.538. The maximum absolute atomic E-state index is 12.6. The second-order valence-electron chi connectivity index (χ2n) is 5.11. The normalized spacial score (nSPS) is 13.0. The molecule has 0 atom stereocenters. The van der Waals surface area contributed by atoms with Gasteiger partial charge in [0.1, 0.15) is 0 Å². The monoisotopic (exact) mass is 270 g/mol. The summed E-state index contributed by atoms with van der Waals surface area (Å²) in [6.07, 6.45) is 0.740. The van der Waals surface area contributed by atoms with Crippen LogP contribution in [0.2, 0.25) is 0 Å². The van der Waals surface area contributed by atoms with Gasteiger partial charge in [-0.15, -0.1) is 0 Å². The summed E-state index contributed by atoms with van der Waals surface area (Å²) in [6, 6.07) is 4.98. The van der Waals surface area contributed by atoms with Crippen LogP contribution in [0.1, 0.15) is 32.8 Å². The first-order chi connectivity index (χ1) is 8.14. The summed E-state index contributed by atoms with van der Waals surface area (Å²) in [7, 11) is -1.90. The molecule has 0 fully saturated rings. The molecular formula is C13H22N2O2S. The highest BCUT2D eigenvalue weighted by Crippen LogP contribution is 2.28. The van der Waals surface area contributed by atoms with Crippen LogP contribution in [-0.4, -0.2) is 25.3 Å². The van der Waals surface area contributed by atoms with Crippen molar-refractivity contribution in [3.8, 4) is 0 Å². The summed E-state index contributed by atoms with van der Waals surface area (Å²) in [5, 5.41) is 0. The van der Waals surface area contributed by atoms with Crippen molar-refractivity contribution in [1.82, 2.24) is 4.31 Å². The standard InChI is InChI=1S/C13H22N2O2S/c1-6-13(3,4)15(5)18(16,17)12-9-7-8-11(14)10(12)2/h7-9H,6,14H2,1-5H3. The van der Waals surface area contributed by atoms with Crippen molar-refractivity contribution in [2.24, 2.45) is 0 Å². The zero-order valence-corrected chi connectivity index (χ0v) is 12.5. The molecule has 1 aromatic carbocycles. The van der Waals surface area contributed by atoms with E-state index in [1.807, 2.05) is 20.8 Å². The molecule has 0 aromatic heterocycles. The highest BCUT2D eigenvalue weighted by Gasteiger charge is 2.33. The number of benzene rings is 1. The van der Waals surface area contributed by atoms with Crippen molar-refractivity contribution in [3.63, 3.8) is 0 Å². The minimum Gasteiger partial charge on any atom is -0.398 e. The van der Waals surface area contributed by atoms with E-state index in [0.29, 0.717) is 11.3 Å². The van der Waals surface area contributed by atoms with Gasteiger partial charge in [-0.1, -0.05) is 13.0 Å². The van der Waals surface area contributed by atoms with Crippen molar-refractivity contribution in [3.05, 3.63) is 23.8 Å². The highest BCUT2D eigenvalue weighted by molar-refractivity contribution is 7.89. The third kappa shape index (κ3) is 2.52. The fourth-order valence-corrected chi connectivity index (χ4v) is 3.44. The molecule has 0 radical (unpaired) electrons. The van der Waals surface area contributed by atoms with E-state index in [1.54, 1.807) is 32.2 Å². The fourth-order valence-electron chi connectivity index (χ4n) is 1.61. The summed E-state index contributed by atoms with van der Waals surface area (Å²) >= 11 is 0. The molecule has 0 aliphatic heterocycles. The first-order valence-electron chi connectivity index (χ1n) is 5.98. The number of nitrogens with two attached hydrogens (primary N) is 1. The first kappa shape index (κ1) is 15.0. The third-order valence-corrected chi connectivity index (χ3v) is 5.90. The summed E-state index contributed by atoms with van der Waals surface area (Å²) < 4.78 is 26.6. The second kappa shape index (κ2) is 4.90. The van der Waals surface area contributed by atoms with E-state index < -0.39 is 15.6 Å². The lowest BCUT2D eigenvalue weighted by Gasteiger charge is -2.34. The van der Waals surface area contributed by atoms with Crippen molar-refractivity contribution < 1.29 is 8.42 Å². The lowest BCUT2D eigenvalue weighted by Crippen LogP contribution is -2.44. The Bertz CT molecular complexity index is 536. The van der Waals surface area contributed by atoms with Gasteiger partial charge < -0.3 is 5.73 Å². The molecule has 0 heterocycles. The van der Waals surface area contributed by atoms with Crippen LogP contribution in [0.15, 0.2) is 23.1 Å². The van der Waals surface area contributed by atoms with Crippen LogP contribution in [0.4, 0.5) is 5.69 Å². The van der Waals surface area contributed by atoms with Crippen LogP contribution in [0.5, 0.6) is 0 Å². The van der Waals surface area contributed by atoms with Crippen LogP contribution < -0.4 is 5.73 Å². The van der Waals surface area contributed by atoms with Gasteiger partial charge in [0.25, 0.3) is 0 Å². The van der Waals surface area contributed by atoms with E-state index in [1.165, 1.54) is 4.31 Å². The summed E-state index contributed by atoms with van der Waals surface area (Å²) in [5.74, 6) is 0. The molecule has 4 nitrogen and oxygen atoms in total. The van der Waals surface area contributed by atoms with Crippen molar-refractivity contribution in [2.75, 3.05) is 12.8 Å². The van der Waals surface area contributed by atoms with Crippen LogP contribution in [0, 0.1) is 6.92 Å². The number of hydrogen-bond donors (Lipinski definition) is 1. The number of nitrogen functional groups attached to an aromatic ring is 1. The summed E-state index contributed by atoms with van der Waals surface area (Å²) in [6.45, 7) is 7.52. The smallest absolute Gasteiger partial charge is 0.243 e. The van der Waals surface area contributed by atoms with Gasteiger partial charge in [0, 0.05) is 18.3 Å². The largest absolute Gasteiger partial charge is 0.398 e. The lowest BCUT2D eigenvalue weighted by molar-refractivity contribution is 0.257. The molecular weight excluding hydrogens is 248 g/mol. The van der Waals surface area contributed by atoms with Crippen molar-refractivity contribution >= 4 is 15.7 Å². The molecule has 0 spiro atoms. The van der Waals surface area contributed by atoms with Crippen LogP contribution in [0.3, 0.4) is 0 Å². The molecule has 0 amide bonds. The molecule has 0 saturated carbocycles. The summed E-state index contributed by atoms with van der Waals surface area (Å²) in [5.41, 5.74) is 6.46. The number of hydrogen-bond acceptors (Lipinski definition) is 3. The van der Waals surface area contributed by atoms with Gasteiger partial charge in [-0.25, -0.2) is 8.42 Å². The molecule has 1 rings (SSSR count). The number of sulfonamides is 1. The van der Waals surface area contributed by atoms with Crippen LogP contribution in [0.25, 0.3) is 0 Å². The quantitative estimate of drug-likeness (QED) is 0.854.